The van der Waals surface area contributed by atoms with E-state index in [9.17, 15) is 5.11 Å². The Balaban J connectivity index is 2.08. The number of hydrogen-bond donors (Lipinski definition) is 1. The van der Waals surface area contributed by atoms with E-state index in [1.807, 2.05) is 52.0 Å². The van der Waals surface area contributed by atoms with Crippen molar-refractivity contribution < 1.29 is 14.4 Å². The van der Waals surface area contributed by atoms with Gasteiger partial charge in [0.15, 0.2) is 0 Å². The van der Waals surface area contributed by atoms with Crippen LogP contribution in [0.1, 0.15) is 47.1 Å². The zero-order valence-electron chi connectivity index (χ0n) is 14.7. The molecule has 0 atom stereocenters. The quantitative estimate of drug-likeness (QED) is 0.866. The Morgan fingerprint density at radius 3 is 2.22 bits per heavy atom. The normalized spacial score (nSPS) is 20.2. The molecule has 4 nitrogen and oxygen atoms in total. The van der Waals surface area contributed by atoms with E-state index in [2.05, 4.69) is 4.98 Å². The predicted molar refractivity (Wildman–Crippen MR) is 92.7 cm³/mol. The number of hydrogen-bond acceptors (Lipinski definition) is 4. The molecular formula is C18H24BNO3. The maximum atomic E-state index is 10.4. The van der Waals surface area contributed by atoms with Gasteiger partial charge in [-0.3, -0.25) is 4.98 Å². The molecule has 1 saturated heterocycles. The highest BCUT2D eigenvalue weighted by Gasteiger charge is 2.51. The summed E-state index contributed by atoms with van der Waals surface area (Å²) in [4.78, 5) is 4.39. The molecule has 0 amide bonds. The van der Waals surface area contributed by atoms with Gasteiger partial charge >= 0.3 is 7.12 Å². The Morgan fingerprint density at radius 2 is 1.65 bits per heavy atom. The maximum Gasteiger partial charge on any atom is 0.494 e. The summed E-state index contributed by atoms with van der Waals surface area (Å²) in [6.07, 6.45) is 1.73. The lowest BCUT2D eigenvalue weighted by Crippen LogP contribution is -2.41. The van der Waals surface area contributed by atoms with Crippen LogP contribution in [0.15, 0.2) is 30.5 Å². The Morgan fingerprint density at radius 1 is 1.04 bits per heavy atom. The summed E-state index contributed by atoms with van der Waals surface area (Å²) >= 11 is 0. The molecule has 122 valence electrons. The second-order valence-corrected chi connectivity index (χ2v) is 7.78. The molecular weight excluding hydrogens is 289 g/mol. The molecule has 1 aromatic carbocycles. The van der Waals surface area contributed by atoms with Gasteiger partial charge in [0, 0.05) is 11.6 Å². The Hall–Kier alpha value is -1.43. The number of benzene rings is 1. The van der Waals surface area contributed by atoms with Crippen molar-refractivity contribution in [2.75, 3.05) is 0 Å². The van der Waals surface area contributed by atoms with Crippen molar-refractivity contribution in [1.82, 2.24) is 4.98 Å². The maximum absolute atomic E-state index is 10.4. The van der Waals surface area contributed by atoms with Gasteiger partial charge < -0.3 is 14.4 Å². The minimum absolute atomic E-state index is 0.374. The molecule has 0 spiro atoms. The van der Waals surface area contributed by atoms with Crippen LogP contribution in [0.25, 0.3) is 10.9 Å². The van der Waals surface area contributed by atoms with Crippen molar-refractivity contribution in [1.29, 1.82) is 0 Å². The minimum Gasteiger partial charge on any atom is -0.399 e. The molecule has 0 saturated carbocycles. The fourth-order valence-electron chi connectivity index (χ4n) is 2.82. The van der Waals surface area contributed by atoms with Crippen molar-refractivity contribution in [3.63, 3.8) is 0 Å². The first-order valence-electron chi connectivity index (χ1n) is 7.98. The summed E-state index contributed by atoms with van der Waals surface area (Å²) in [5, 5.41) is 11.3. The molecule has 0 radical (unpaired) electrons. The summed E-state index contributed by atoms with van der Waals surface area (Å²) in [5.74, 6) is 0. The number of aliphatic hydroxyl groups is 1. The average Bonchev–Trinajstić information content (AvgIpc) is 2.65. The van der Waals surface area contributed by atoms with E-state index in [1.165, 1.54) is 0 Å². The van der Waals surface area contributed by atoms with E-state index in [1.54, 1.807) is 20.0 Å². The molecule has 5 heteroatoms. The summed E-state index contributed by atoms with van der Waals surface area (Å²) in [5.41, 5.74) is 0.956. The van der Waals surface area contributed by atoms with Crippen LogP contribution in [0.3, 0.4) is 0 Å². The van der Waals surface area contributed by atoms with Gasteiger partial charge in [0.05, 0.1) is 22.3 Å². The van der Waals surface area contributed by atoms with Crippen LogP contribution in [0, 0.1) is 0 Å². The van der Waals surface area contributed by atoms with Gasteiger partial charge in [0.1, 0.15) is 0 Å². The second kappa shape index (κ2) is 5.03. The molecule has 0 unspecified atom stereocenters. The molecule has 1 fully saturated rings. The van der Waals surface area contributed by atoms with Gasteiger partial charge in [-0.15, -0.1) is 0 Å². The highest BCUT2D eigenvalue weighted by Crippen LogP contribution is 2.37. The second-order valence-electron chi connectivity index (χ2n) is 7.78. The fourth-order valence-corrected chi connectivity index (χ4v) is 2.82. The lowest BCUT2D eigenvalue weighted by molar-refractivity contribution is 0.00578. The van der Waals surface area contributed by atoms with E-state index in [0.717, 1.165) is 21.9 Å². The van der Waals surface area contributed by atoms with Gasteiger partial charge in [-0.25, -0.2) is 0 Å². The van der Waals surface area contributed by atoms with Gasteiger partial charge in [-0.2, -0.15) is 0 Å². The Bertz CT molecular complexity index is 734. The molecule has 23 heavy (non-hydrogen) atoms. The topological polar surface area (TPSA) is 51.6 Å². The lowest BCUT2D eigenvalue weighted by Gasteiger charge is -2.32. The first-order valence-corrected chi connectivity index (χ1v) is 7.98. The van der Waals surface area contributed by atoms with Crippen molar-refractivity contribution in [3.05, 3.63) is 36.0 Å². The monoisotopic (exact) mass is 313 g/mol. The molecule has 1 aliphatic heterocycles. The number of pyridine rings is 1. The summed E-state index contributed by atoms with van der Waals surface area (Å²) in [6.45, 7) is 11.7. The molecule has 3 rings (SSSR count). The number of aromatic nitrogens is 1. The lowest BCUT2D eigenvalue weighted by atomic mass is 9.77. The van der Waals surface area contributed by atoms with Gasteiger partial charge in [-0.1, -0.05) is 12.1 Å². The number of fused-ring (bicyclic) bond motifs is 1. The summed E-state index contributed by atoms with van der Waals surface area (Å²) in [7, 11) is -0.417. The third-order valence-corrected chi connectivity index (χ3v) is 4.95. The van der Waals surface area contributed by atoms with Crippen LogP contribution in [-0.4, -0.2) is 28.4 Å². The predicted octanol–water partition coefficient (Wildman–Crippen LogP) is 2.76. The van der Waals surface area contributed by atoms with Gasteiger partial charge in [0.25, 0.3) is 0 Å². The minimum atomic E-state index is -0.935. The number of rotatable bonds is 2. The third kappa shape index (κ3) is 2.78. The third-order valence-electron chi connectivity index (χ3n) is 4.95. The standard InChI is InChI=1S/C18H24BNO3/c1-16(2,21)14-9-10-20-15-8-7-12(11-13(14)15)19-22-17(3,4)18(5,6)23-19/h7-11,21H,1-6H3. The van der Waals surface area contributed by atoms with Gasteiger partial charge in [-0.05, 0) is 64.7 Å². The first kappa shape index (κ1) is 16.4. The summed E-state index contributed by atoms with van der Waals surface area (Å²) in [6, 6.07) is 7.80. The Labute approximate surface area is 138 Å². The number of nitrogens with zero attached hydrogens (tertiary/aromatic N) is 1. The van der Waals surface area contributed by atoms with Crippen molar-refractivity contribution >= 4 is 23.5 Å². The van der Waals surface area contributed by atoms with E-state index < -0.39 is 12.7 Å². The summed E-state index contributed by atoms with van der Waals surface area (Å²) < 4.78 is 12.2. The van der Waals surface area contributed by atoms with Crippen molar-refractivity contribution in [2.45, 2.75) is 58.3 Å². The van der Waals surface area contributed by atoms with Crippen molar-refractivity contribution in [3.8, 4) is 0 Å². The SMILES string of the molecule is CC(C)(O)c1ccnc2ccc(B3OC(C)(C)C(C)(C)O3)cc12. The molecule has 0 aliphatic carbocycles. The Kier molecular flexibility index (Phi) is 3.60. The largest absolute Gasteiger partial charge is 0.494 e. The molecule has 1 N–H and O–H groups in total. The van der Waals surface area contributed by atoms with Crippen LogP contribution >= 0.6 is 0 Å². The zero-order chi connectivity index (χ0) is 17.0. The molecule has 2 heterocycles. The first-order chi connectivity index (χ1) is 10.5. The van der Waals surface area contributed by atoms with Crippen LogP contribution < -0.4 is 5.46 Å². The van der Waals surface area contributed by atoms with Crippen LogP contribution in [0.4, 0.5) is 0 Å². The van der Waals surface area contributed by atoms with Crippen molar-refractivity contribution in [2.24, 2.45) is 0 Å². The van der Waals surface area contributed by atoms with Crippen LogP contribution in [0.2, 0.25) is 0 Å². The average molecular weight is 313 g/mol. The highest BCUT2D eigenvalue weighted by molar-refractivity contribution is 6.62. The smallest absolute Gasteiger partial charge is 0.399 e. The fraction of sp³-hybridized carbons (Fsp3) is 0.500. The van der Waals surface area contributed by atoms with Crippen LogP contribution in [-0.2, 0) is 14.9 Å². The van der Waals surface area contributed by atoms with Gasteiger partial charge in [0.2, 0.25) is 0 Å². The van der Waals surface area contributed by atoms with Crippen LogP contribution in [0.5, 0.6) is 0 Å². The molecule has 1 aromatic heterocycles. The van der Waals surface area contributed by atoms with E-state index in [4.69, 9.17) is 9.31 Å². The highest BCUT2D eigenvalue weighted by atomic mass is 16.7. The zero-order valence-corrected chi connectivity index (χ0v) is 14.7. The van der Waals surface area contributed by atoms with E-state index in [0.29, 0.717) is 0 Å². The van der Waals surface area contributed by atoms with E-state index >= 15 is 0 Å². The molecule has 2 aromatic rings. The molecule has 0 bridgehead atoms. The molecule has 1 aliphatic rings. The van der Waals surface area contributed by atoms with E-state index in [-0.39, 0.29) is 11.2 Å².